The highest BCUT2D eigenvalue weighted by Gasteiger charge is 2.34. The number of hydrogen-bond donors (Lipinski definition) is 0. The van der Waals surface area contributed by atoms with Crippen molar-refractivity contribution in [2.24, 2.45) is 0 Å². The molecule has 2 rings (SSSR count). The van der Waals surface area contributed by atoms with Gasteiger partial charge in [0.15, 0.2) is 0 Å². The third-order valence-corrected chi connectivity index (χ3v) is 4.26. The number of benzene rings is 2. The Kier molecular flexibility index (Phi) is 5.30. The zero-order valence-corrected chi connectivity index (χ0v) is 13.2. The molecule has 0 spiro atoms. The third kappa shape index (κ3) is 3.66. The van der Waals surface area contributed by atoms with Crippen LogP contribution < -0.4 is 0 Å². The molecule has 0 bridgehead atoms. The van der Waals surface area contributed by atoms with Crippen molar-refractivity contribution in [3.63, 3.8) is 0 Å². The van der Waals surface area contributed by atoms with E-state index in [0.29, 0.717) is 6.42 Å². The number of rotatable bonds is 6. The van der Waals surface area contributed by atoms with Gasteiger partial charge in [-0.05, 0) is 36.1 Å². The maximum absolute atomic E-state index is 12.8. The van der Waals surface area contributed by atoms with Crippen LogP contribution in [0.3, 0.4) is 0 Å². The first-order chi connectivity index (χ1) is 10.9. The lowest BCUT2D eigenvalue weighted by Crippen LogP contribution is -2.27. The first kappa shape index (κ1) is 17.3. The number of hydrogen-bond acceptors (Lipinski definition) is 0. The van der Waals surface area contributed by atoms with Crippen molar-refractivity contribution in [3.05, 3.63) is 83.9 Å². The maximum atomic E-state index is 12.8. The molecule has 1 unspecified atom stereocenters. The summed E-state index contributed by atoms with van der Waals surface area (Å²) in [6.07, 6.45) is 0.0197. The van der Waals surface area contributed by atoms with E-state index in [2.05, 4.69) is 13.5 Å². The van der Waals surface area contributed by atoms with Gasteiger partial charge >= 0.3 is 6.18 Å². The van der Waals surface area contributed by atoms with E-state index in [4.69, 9.17) is 0 Å². The van der Waals surface area contributed by atoms with E-state index in [1.807, 2.05) is 36.4 Å². The van der Waals surface area contributed by atoms with Crippen LogP contribution in [-0.4, -0.2) is 0 Å². The fourth-order valence-corrected chi connectivity index (χ4v) is 3.20. The number of allylic oxidation sites excluding steroid dienone is 1. The van der Waals surface area contributed by atoms with Crippen LogP contribution in [0.15, 0.2) is 67.3 Å². The normalized spacial score (nSPS) is 14.3. The summed E-state index contributed by atoms with van der Waals surface area (Å²) in [5, 5.41) is 0. The predicted octanol–water partition coefficient (Wildman–Crippen LogP) is 6.37. The topological polar surface area (TPSA) is 0 Å². The Balaban J connectivity index is 2.55. The SMILES string of the molecule is C=CCC(CCC)(c1ccccc1)c1ccc(C(F)(F)F)cc1. The van der Waals surface area contributed by atoms with Crippen LogP contribution in [0.25, 0.3) is 0 Å². The highest BCUT2D eigenvalue weighted by molar-refractivity contribution is 5.41. The second kappa shape index (κ2) is 7.03. The molecule has 3 heteroatoms. The maximum Gasteiger partial charge on any atom is 0.416 e. The third-order valence-electron chi connectivity index (χ3n) is 4.26. The van der Waals surface area contributed by atoms with Gasteiger partial charge in [-0.25, -0.2) is 0 Å². The van der Waals surface area contributed by atoms with Crippen LogP contribution in [0.4, 0.5) is 13.2 Å². The first-order valence-electron chi connectivity index (χ1n) is 7.78. The van der Waals surface area contributed by atoms with E-state index in [9.17, 15) is 13.2 Å². The summed E-state index contributed by atoms with van der Waals surface area (Å²) in [7, 11) is 0. The van der Waals surface area contributed by atoms with Crippen molar-refractivity contribution in [2.45, 2.75) is 37.8 Å². The smallest absolute Gasteiger partial charge is 0.166 e. The fraction of sp³-hybridized carbons (Fsp3) is 0.300. The summed E-state index contributed by atoms with van der Waals surface area (Å²) in [5.74, 6) is 0. The van der Waals surface area contributed by atoms with Gasteiger partial charge in [-0.3, -0.25) is 0 Å². The molecular formula is C20H21F3. The van der Waals surface area contributed by atoms with Crippen LogP contribution in [0.2, 0.25) is 0 Å². The molecule has 0 nitrogen and oxygen atoms in total. The molecule has 122 valence electrons. The second-order valence-corrected chi connectivity index (χ2v) is 5.77. The van der Waals surface area contributed by atoms with E-state index < -0.39 is 11.7 Å². The van der Waals surface area contributed by atoms with E-state index in [1.165, 1.54) is 12.1 Å². The monoisotopic (exact) mass is 318 g/mol. The molecule has 0 N–H and O–H groups in total. The Bertz CT molecular complexity index is 626. The second-order valence-electron chi connectivity index (χ2n) is 5.77. The van der Waals surface area contributed by atoms with E-state index in [0.717, 1.165) is 24.0 Å². The molecule has 0 saturated carbocycles. The minimum Gasteiger partial charge on any atom is -0.166 e. The zero-order chi connectivity index (χ0) is 16.9. The Morgan fingerprint density at radius 3 is 1.87 bits per heavy atom. The van der Waals surface area contributed by atoms with Gasteiger partial charge in [0.25, 0.3) is 0 Å². The van der Waals surface area contributed by atoms with Gasteiger partial charge in [0.05, 0.1) is 5.56 Å². The molecule has 0 aliphatic carbocycles. The first-order valence-corrected chi connectivity index (χ1v) is 7.78. The highest BCUT2D eigenvalue weighted by Crippen LogP contribution is 2.41. The van der Waals surface area contributed by atoms with Crippen LogP contribution in [0.5, 0.6) is 0 Å². The van der Waals surface area contributed by atoms with Gasteiger partial charge < -0.3 is 0 Å². The minimum absolute atomic E-state index is 0.331. The van der Waals surface area contributed by atoms with Crippen molar-refractivity contribution >= 4 is 0 Å². The van der Waals surface area contributed by atoms with Gasteiger partial charge in [-0.1, -0.05) is 61.9 Å². The summed E-state index contributed by atoms with van der Waals surface area (Å²) < 4.78 is 38.5. The van der Waals surface area contributed by atoms with Crippen LogP contribution in [-0.2, 0) is 11.6 Å². The molecule has 0 aliphatic heterocycles. The van der Waals surface area contributed by atoms with Crippen LogP contribution in [0.1, 0.15) is 42.9 Å². The molecule has 0 saturated heterocycles. The summed E-state index contributed by atoms with van der Waals surface area (Å²) in [6, 6.07) is 15.5. The summed E-state index contributed by atoms with van der Waals surface area (Å²) >= 11 is 0. The molecule has 0 fully saturated rings. The Morgan fingerprint density at radius 1 is 0.870 bits per heavy atom. The molecule has 23 heavy (non-hydrogen) atoms. The summed E-state index contributed by atoms with van der Waals surface area (Å²) in [4.78, 5) is 0. The van der Waals surface area contributed by atoms with Crippen LogP contribution >= 0.6 is 0 Å². The summed E-state index contributed by atoms with van der Waals surface area (Å²) in [6.45, 7) is 5.94. The molecule has 1 atom stereocenters. The lowest BCUT2D eigenvalue weighted by atomic mass is 9.69. The van der Waals surface area contributed by atoms with Gasteiger partial charge in [0, 0.05) is 5.41 Å². The molecular weight excluding hydrogens is 297 g/mol. The van der Waals surface area contributed by atoms with Crippen molar-refractivity contribution < 1.29 is 13.2 Å². The van der Waals surface area contributed by atoms with Gasteiger partial charge in [-0.15, -0.1) is 6.58 Å². The molecule has 0 heterocycles. The van der Waals surface area contributed by atoms with E-state index in [-0.39, 0.29) is 5.41 Å². The Morgan fingerprint density at radius 2 is 1.39 bits per heavy atom. The van der Waals surface area contributed by atoms with Crippen molar-refractivity contribution in [1.82, 2.24) is 0 Å². The van der Waals surface area contributed by atoms with Gasteiger partial charge in [0.1, 0.15) is 0 Å². The lowest BCUT2D eigenvalue weighted by molar-refractivity contribution is -0.137. The van der Waals surface area contributed by atoms with Crippen molar-refractivity contribution in [3.8, 4) is 0 Å². The molecule has 0 radical (unpaired) electrons. The largest absolute Gasteiger partial charge is 0.416 e. The fourth-order valence-electron chi connectivity index (χ4n) is 3.20. The lowest BCUT2D eigenvalue weighted by Gasteiger charge is -2.34. The van der Waals surface area contributed by atoms with Gasteiger partial charge in [0.2, 0.25) is 0 Å². The Labute approximate surface area is 135 Å². The van der Waals surface area contributed by atoms with Gasteiger partial charge in [-0.2, -0.15) is 13.2 Å². The molecule has 0 amide bonds. The van der Waals surface area contributed by atoms with Crippen molar-refractivity contribution in [2.75, 3.05) is 0 Å². The average Bonchev–Trinajstić information content (AvgIpc) is 2.55. The molecule has 0 aromatic heterocycles. The Hall–Kier alpha value is -2.03. The molecule has 0 aliphatic rings. The van der Waals surface area contributed by atoms with E-state index in [1.54, 1.807) is 12.1 Å². The average molecular weight is 318 g/mol. The summed E-state index contributed by atoms with van der Waals surface area (Å²) in [5.41, 5.74) is 1.07. The molecule has 2 aromatic carbocycles. The number of alkyl halides is 3. The molecule has 2 aromatic rings. The predicted molar refractivity (Wildman–Crippen MR) is 88.4 cm³/mol. The standard InChI is InChI=1S/C20H21F3/c1-3-14-19(15-4-2,16-8-6-5-7-9-16)17-10-12-18(13-11-17)20(21,22)23/h3,5-13H,1,4,14-15H2,2H3. The van der Waals surface area contributed by atoms with E-state index >= 15 is 0 Å². The number of halogens is 3. The van der Waals surface area contributed by atoms with Crippen molar-refractivity contribution in [1.29, 1.82) is 0 Å². The van der Waals surface area contributed by atoms with Crippen LogP contribution in [0, 0.1) is 0 Å². The minimum atomic E-state index is -4.31. The highest BCUT2D eigenvalue weighted by atomic mass is 19.4. The quantitative estimate of drug-likeness (QED) is 0.543. The zero-order valence-electron chi connectivity index (χ0n) is 13.2.